The molecule has 0 radical (unpaired) electrons. The summed E-state index contributed by atoms with van der Waals surface area (Å²) in [6, 6.07) is 15.5. The largest absolute Gasteiger partial charge is 0.494 e. The van der Waals surface area contributed by atoms with Crippen LogP contribution in [0.5, 0.6) is 5.75 Å². The van der Waals surface area contributed by atoms with Gasteiger partial charge in [0.2, 0.25) is 11.8 Å². The number of carbonyl (C=O) groups excluding carboxylic acids is 2. The Bertz CT molecular complexity index is 858. The van der Waals surface area contributed by atoms with Crippen molar-refractivity contribution in [3.63, 3.8) is 0 Å². The molecule has 0 aromatic heterocycles. The van der Waals surface area contributed by atoms with E-state index in [0.29, 0.717) is 26.1 Å². The van der Waals surface area contributed by atoms with Crippen molar-refractivity contribution in [2.24, 2.45) is 5.92 Å². The summed E-state index contributed by atoms with van der Waals surface area (Å²) in [6.45, 7) is 3.87. The summed E-state index contributed by atoms with van der Waals surface area (Å²) >= 11 is 0. The zero-order chi connectivity index (χ0) is 19.5. The van der Waals surface area contributed by atoms with E-state index in [1.54, 1.807) is 0 Å². The van der Waals surface area contributed by atoms with Gasteiger partial charge in [0, 0.05) is 19.0 Å². The molecule has 0 atom stereocenters. The van der Waals surface area contributed by atoms with Crippen LogP contribution in [0.25, 0.3) is 0 Å². The van der Waals surface area contributed by atoms with Gasteiger partial charge in [0.25, 0.3) is 0 Å². The van der Waals surface area contributed by atoms with Crippen LogP contribution in [0.1, 0.15) is 31.7 Å². The minimum absolute atomic E-state index is 0.0531. The van der Waals surface area contributed by atoms with Gasteiger partial charge in [-0.3, -0.25) is 9.59 Å². The zero-order valence-corrected chi connectivity index (χ0v) is 16.3. The maximum Gasteiger partial charge on any atom is 0.231 e. The molecule has 2 amide bonds. The Balaban J connectivity index is 1.55. The highest BCUT2D eigenvalue weighted by atomic mass is 16.5. The van der Waals surface area contributed by atoms with Crippen LogP contribution in [0.4, 0.5) is 11.4 Å². The predicted octanol–water partition coefficient (Wildman–Crippen LogP) is 3.81. The van der Waals surface area contributed by atoms with E-state index in [0.717, 1.165) is 42.0 Å². The molecule has 2 aromatic carbocycles. The summed E-state index contributed by atoms with van der Waals surface area (Å²) < 4.78 is 5.47. The number of ether oxygens (including phenoxy) is 1. The standard InChI is InChI=1S/C23H26N2O3/c1-2-28-19-12-8-17(9-13-19)16-22(26)24-14-5-15-25(23(27)18-10-11-18)21-7-4-3-6-20(21)24/h3-4,6-9,12-13,18H,2,5,10-11,14-16H2,1H3. The first-order valence-corrected chi connectivity index (χ1v) is 10.1. The summed E-state index contributed by atoms with van der Waals surface area (Å²) in [5.74, 6) is 1.23. The topological polar surface area (TPSA) is 49.9 Å². The lowest BCUT2D eigenvalue weighted by molar-refractivity contribution is -0.120. The van der Waals surface area contributed by atoms with Gasteiger partial charge in [-0.25, -0.2) is 0 Å². The minimum Gasteiger partial charge on any atom is -0.494 e. The van der Waals surface area contributed by atoms with Gasteiger partial charge in [0.05, 0.1) is 24.4 Å². The number of amides is 2. The second-order valence-corrected chi connectivity index (χ2v) is 7.41. The third-order valence-electron chi connectivity index (χ3n) is 5.31. The third-order valence-corrected chi connectivity index (χ3v) is 5.31. The van der Waals surface area contributed by atoms with Crippen molar-refractivity contribution in [2.75, 3.05) is 29.5 Å². The van der Waals surface area contributed by atoms with Gasteiger partial charge in [-0.15, -0.1) is 0 Å². The molecule has 2 aromatic rings. The molecule has 2 aliphatic rings. The number of rotatable bonds is 5. The summed E-state index contributed by atoms with van der Waals surface area (Å²) in [5, 5.41) is 0. The molecule has 0 N–H and O–H groups in total. The molecule has 0 bridgehead atoms. The van der Waals surface area contributed by atoms with Crippen LogP contribution in [0, 0.1) is 5.92 Å². The molecule has 0 spiro atoms. The van der Waals surface area contributed by atoms with Crippen LogP contribution in [0.3, 0.4) is 0 Å². The van der Waals surface area contributed by atoms with Crippen LogP contribution < -0.4 is 14.5 Å². The molecule has 1 aliphatic heterocycles. The lowest BCUT2D eigenvalue weighted by atomic mass is 10.1. The Hall–Kier alpha value is -2.82. The normalized spacial score (nSPS) is 16.3. The van der Waals surface area contributed by atoms with Crippen LogP contribution in [0.15, 0.2) is 48.5 Å². The summed E-state index contributed by atoms with van der Waals surface area (Å²) in [4.78, 5) is 29.6. The Morgan fingerprint density at radius 1 is 0.964 bits per heavy atom. The molecule has 4 rings (SSSR count). The molecule has 1 heterocycles. The number of benzene rings is 2. The maximum atomic E-state index is 13.1. The van der Waals surface area contributed by atoms with Gasteiger partial charge in [0.1, 0.15) is 5.75 Å². The van der Waals surface area contributed by atoms with Crippen molar-refractivity contribution in [3.05, 3.63) is 54.1 Å². The van der Waals surface area contributed by atoms with Gasteiger partial charge in [-0.05, 0) is 56.0 Å². The molecule has 1 saturated carbocycles. The van der Waals surface area contributed by atoms with Crippen molar-refractivity contribution in [2.45, 2.75) is 32.6 Å². The number of fused-ring (bicyclic) bond motifs is 1. The van der Waals surface area contributed by atoms with E-state index in [9.17, 15) is 9.59 Å². The lowest BCUT2D eigenvalue weighted by Crippen LogP contribution is -2.33. The Kier molecular flexibility index (Phi) is 5.33. The van der Waals surface area contributed by atoms with E-state index in [1.165, 1.54) is 0 Å². The Morgan fingerprint density at radius 3 is 2.25 bits per heavy atom. The Labute approximate surface area is 165 Å². The average molecular weight is 378 g/mol. The first kappa shape index (κ1) is 18.5. The number of anilines is 2. The van der Waals surface area contributed by atoms with E-state index in [1.807, 2.05) is 65.3 Å². The van der Waals surface area contributed by atoms with Crippen molar-refractivity contribution >= 4 is 23.2 Å². The number of hydrogen-bond acceptors (Lipinski definition) is 3. The molecule has 0 saturated heterocycles. The zero-order valence-electron chi connectivity index (χ0n) is 16.3. The van der Waals surface area contributed by atoms with Crippen LogP contribution in [-0.4, -0.2) is 31.5 Å². The van der Waals surface area contributed by atoms with Crippen LogP contribution >= 0.6 is 0 Å². The fraction of sp³-hybridized carbons (Fsp3) is 0.391. The number of hydrogen-bond donors (Lipinski definition) is 0. The SMILES string of the molecule is CCOc1ccc(CC(=O)N2CCCN(C(=O)C3CC3)c3ccccc32)cc1. The van der Waals surface area contributed by atoms with Crippen molar-refractivity contribution in [1.29, 1.82) is 0 Å². The average Bonchev–Trinajstić information content (AvgIpc) is 3.56. The fourth-order valence-electron chi connectivity index (χ4n) is 3.73. The quantitative estimate of drug-likeness (QED) is 0.795. The third kappa shape index (κ3) is 3.88. The second kappa shape index (κ2) is 8.05. The van der Waals surface area contributed by atoms with Crippen LogP contribution in [0.2, 0.25) is 0 Å². The fourth-order valence-corrected chi connectivity index (χ4v) is 3.73. The van der Waals surface area contributed by atoms with Gasteiger partial charge < -0.3 is 14.5 Å². The Morgan fingerprint density at radius 2 is 1.61 bits per heavy atom. The first-order valence-electron chi connectivity index (χ1n) is 10.1. The number of para-hydroxylation sites is 2. The molecular weight excluding hydrogens is 352 g/mol. The van der Waals surface area contributed by atoms with E-state index < -0.39 is 0 Å². The summed E-state index contributed by atoms with van der Waals surface area (Å²) in [5.41, 5.74) is 2.66. The van der Waals surface area contributed by atoms with E-state index in [2.05, 4.69) is 0 Å². The summed E-state index contributed by atoms with van der Waals surface area (Å²) in [6.07, 6.45) is 3.08. The first-order chi connectivity index (χ1) is 13.7. The van der Waals surface area contributed by atoms with Gasteiger partial charge in [0.15, 0.2) is 0 Å². The smallest absolute Gasteiger partial charge is 0.231 e. The number of nitrogens with zero attached hydrogens (tertiary/aromatic N) is 2. The van der Waals surface area contributed by atoms with Gasteiger partial charge in [-0.2, -0.15) is 0 Å². The van der Waals surface area contributed by atoms with Gasteiger partial charge >= 0.3 is 0 Å². The second-order valence-electron chi connectivity index (χ2n) is 7.41. The highest BCUT2D eigenvalue weighted by Crippen LogP contribution is 2.38. The highest BCUT2D eigenvalue weighted by Gasteiger charge is 2.36. The van der Waals surface area contributed by atoms with E-state index >= 15 is 0 Å². The molecule has 5 nitrogen and oxygen atoms in total. The molecular formula is C23H26N2O3. The molecule has 28 heavy (non-hydrogen) atoms. The maximum absolute atomic E-state index is 13.1. The summed E-state index contributed by atoms with van der Waals surface area (Å²) in [7, 11) is 0. The number of carbonyl (C=O) groups is 2. The van der Waals surface area contributed by atoms with Gasteiger partial charge in [-0.1, -0.05) is 24.3 Å². The molecule has 146 valence electrons. The highest BCUT2D eigenvalue weighted by molar-refractivity contribution is 6.04. The van der Waals surface area contributed by atoms with E-state index in [4.69, 9.17) is 4.74 Å². The predicted molar refractivity (Wildman–Crippen MR) is 110 cm³/mol. The molecule has 5 heteroatoms. The van der Waals surface area contributed by atoms with Crippen molar-refractivity contribution < 1.29 is 14.3 Å². The molecule has 1 fully saturated rings. The molecule has 1 aliphatic carbocycles. The minimum atomic E-state index is 0.0531. The van der Waals surface area contributed by atoms with Crippen molar-refractivity contribution in [1.82, 2.24) is 0 Å². The molecule has 0 unspecified atom stereocenters. The van der Waals surface area contributed by atoms with Crippen LogP contribution in [-0.2, 0) is 16.0 Å². The van der Waals surface area contributed by atoms with Crippen molar-refractivity contribution in [3.8, 4) is 5.75 Å². The van der Waals surface area contributed by atoms with E-state index in [-0.39, 0.29) is 17.7 Å². The monoisotopic (exact) mass is 378 g/mol. The lowest BCUT2D eigenvalue weighted by Gasteiger charge is -2.25.